The maximum absolute atomic E-state index is 12.6. The van der Waals surface area contributed by atoms with E-state index in [2.05, 4.69) is 55.1 Å². The third kappa shape index (κ3) is 6.58. The van der Waals surface area contributed by atoms with Gasteiger partial charge in [0.25, 0.3) is 0 Å². The third-order valence-corrected chi connectivity index (χ3v) is 9.24. The Labute approximate surface area is 286 Å². The molecule has 2 aromatic heterocycles. The molecule has 1 N–H and O–H groups in total. The van der Waals surface area contributed by atoms with Crippen LogP contribution in [0, 0.1) is 0 Å². The molecule has 0 amide bonds. The predicted octanol–water partition coefficient (Wildman–Crippen LogP) is 7.90. The van der Waals surface area contributed by atoms with Crippen LogP contribution in [0.4, 0.5) is 5.69 Å². The summed E-state index contributed by atoms with van der Waals surface area (Å²) in [4.78, 5) is 14.9. The molecule has 0 aliphatic carbocycles. The molecule has 252 valence electrons. The Morgan fingerprint density at radius 3 is 2.43 bits per heavy atom. The second-order valence-electron chi connectivity index (χ2n) is 12.8. The summed E-state index contributed by atoms with van der Waals surface area (Å²) in [7, 11) is 1.96. The van der Waals surface area contributed by atoms with Crippen LogP contribution >= 0.6 is 0 Å². The van der Waals surface area contributed by atoms with E-state index in [4.69, 9.17) is 19.3 Å². The van der Waals surface area contributed by atoms with Gasteiger partial charge in [-0.25, -0.2) is 4.79 Å². The first-order valence-corrected chi connectivity index (χ1v) is 17.0. The van der Waals surface area contributed by atoms with Crippen molar-refractivity contribution in [1.29, 1.82) is 0 Å². The Balaban J connectivity index is 1.18. The highest BCUT2D eigenvalue weighted by molar-refractivity contribution is 6.01. The van der Waals surface area contributed by atoms with Crippen molar-refractivity contribution in [1.82, 2.24) is 14.3 Å². The van der Waals surface area contributed by atoms with Gasteiger partial charge in [-0.1, -0.05) is 68.4 Å². The third-order valence-electron chi connectivity index (χ3n) is 9.24. The molecule has 1 aliphatic heterocycles. The van der Waals surface area contributed by atoms with Crippen LogP contribution in [0.5, 0.6) is 11.5 Å². The minimum Gasteiger partial charge on any atom is -0.493 e. The first-order chi connectivity index (χ1) is 23.9. The normalized spacial score (nSPS) is 13.4. The molecule has 9 heteroatoms. The molecule has 0 unspecified atom stereocenters. The Hall–Kier alpha value is -5.28. The Morgan fingerprint density at radius 1 is 0.918 bits per heavy atom. The summed E-state index contributed by atoms with van der Waals surface area (Å²) in [6, 6.07) is 30.2. The zero-order valence-electron chi connectivity index (χ0n) is 28.3. The molecule has 0 bridgehead atoms. The van der Waals surface area contributed by atoms with Gasteiger partial charge in [-0.05, 0) is 54.1 Å². The second kappa shape index (κ2) is 14.1. The number of fused-ring (bicyclic) bond motifs is 2. The Bertz CT molecular complexity index is 2080. The number of aromatic nitrogens is 3. The molecule has 9 nitrogen and oxygen atoms in total. The van der Waals surface area contributed by atoms with E-state index in [1.165, 1.54) is 0 Å². The van der Waals surface area contributed by atoms with E-state index in [9.17, 15) is 9.90 Å². The number of rotatable bonds is 12. The number of morpholine rings is 1. The molecule has 0 atom stereocenters. The van der Waals surface area contributed by atoms with E-state index in [1.54, 1.807) is 6.07 Å². The van der Waals surface area contributed by atoms with Gasteiger partial charge >= 0.3 is 5.97 Å². The smallest absolute Gasteiger partial charge is 0.352 e. The largest absolute Gasteiger partial charge is 0.493 e. The number of nitrogens with zero attached hydrogens (tertiary/aromatic N) is 4. The summed E-state index contributed by atoms with van der Waals surface area (Å²) in [6.07, 6.45) is 0.627. The van der Waals surface area contributed by atoms with E-state index in [-0.39, 0.29) is 18.2 Å². The number of carboxylic acids is 1. The van der Waals surface area contributed by atoms with Crippen LogP contribution in [0.2, 0.25) is 0 Å². The van der Waals surface area contributed by atoms with Crippen LogP contribution in [0.1, 0.15) is 48.1 Å². The average molecular weight is 659 g/mol. The number of ether oxygens (including phenoxy) is 3. The number of carbonyl (C=O) groups is 1. The van der Waals surface area contributed by atoms with Gasteiger partial charge in [0.1, 0.15) is 29.5 Å². The minimum atomic E-state index is -0.962. The molecule has 4 aromatic carbocycles. The summed E-state index contributed by atoms with van der Waals surface area (Å²) in [5, 5.41) is 18.3. The van der Waals surface area contributed by atoms with Gasteiger partial charge in [-0.3, -0.25) is 4.68 Å². The fraction of sp³-hybridized carbons (Fsp3) is 0.300. The van der Waals surface area contributed by atoms with Gasteiger partial charge in [-0.15, -0.1) is 0 Å². The number of aromatic carboxylic acids is 1. The lowest BCUT2D eigenvalue weighted by atomic mass is 9.95. The molecule has 0 saturated carbocycles. The van der Waals surface area contributed by atoms with E-state index in [0.29, 0.717) is 19.6 Å². The summed E-state index contributed by atoms with van der Waals surface area (Å²) in [5.41, 5.74) is 6.07. The lowest BCUT2D eigenvalue weighted by molar-refractivity contribution is 0.0685. The van der Waals surface area contributed by atoms with Crippen LogP contribution in [0.15, 0.2) is 91.0 Å². The topological polar surface area (TPSA) is 91.0 Å². The zero-order valence-corrected chi connectivity index (χ0v) is 28.3. The van der Waals surface area contributed by atoms with Gasteiger partial charge in [0.2, 0.25) is 0 Å². The quantitative estimate of drug-likeness (QED) is 0.134. The van der Waals surface area contributed by atoms with Crippen LogP contribution in [0.3, 0.4) is 0 Å². The molecule has 1 saturated heterocycles. The first-order valence-electron chi connectivity index (χ1n) is 17.0. The van der Waals surface area contributed by atoms with Crippen LogP contribution in [0.25, 0.3) is 32.8 Å². The molecule has 0 spiro atoms. The lowest BCUT2D eigenvalue weighted by Crippen LogP contribution is -2.36. The lowest BCUT2D eigenvalue weighted by Gasteiger charge is -2.28. The van der Waals surface area contributed by atoms with Gasteiger partial charge in [-0.2, -0.15) is 5.10 Å². The van der Waals surface area contributed by atoms with E-state index >= 15 is 0 Å². The molecule has 49 heavy (non-hydrogen) atoms. The van der Waals surface area contributed by atoms with Crippen molar-refractivity contribution >= 4 is 33.3 Å². The Morgan fingerprint density at radius 2 is 1.65 bits per heavy atom. The fourth-order valence-corrected chi connectivity index (χ4v) is 7.04. The van der Waals surface area contributed by atoms with Gasteiger partial charge in [0, 0.05) is 60.0 Å². The first kappa shape index (κ1) is 32.3. The van der Waals surface area contributed by atoms with Gasteiger partial charge < -0.3 is 28.8 Å². The van der Waals surface area contributed by atoms with Crippen molar-refractivity contribution in [3.8, 4) is 22.6 Å². The van der Waals surface area contributed by atoms with Crippen molar-refractivity contribution < 1.29 is 24.1 Å². The zero-order chi connectivity index (χ0) is 33.9. The number of hydrogen-bond acceptors (Lipinski definition) is 6. The summed E-state index contributed by atoms with van der Waals surface area (Å²) in [6.45, 7) is 8.74. The van der Waals surface area contributed by atoms with Crippen molar-refractivity contribution in [3.63, 3.8) is 0 Å². The van der Waals surface area contributed by atoms with Gasteiger partial charge in [0.05, 0.1) is 25.3 Å². The number of anilines is 1. The van der Waals surface area contributed by atoms with Crippen LogP contribution in [-0.2, 0) is 24.9 Å². The van der Waals surface area contributed by atoms with Crippen LogP contribution < -0.4 is 14.4 Å². The Kier molecular flexibility index (Phi) is 9.26. The monoisotopic (exact) mass is 658 g/mol. The molecule has 0 radical (unpaired) electrons. The molecule has 6 aromatic rings. The van der Waals surface area contributed by atoms with Crippen molar-refractivity contribution in [2.24, 2.45) is 7.05 Å². The van der Waals surface area contributed by atoms with Crippen molar-refractivity contribution in [2.75, 3.05) is 37.8 Å². The van der Waals surface area contributed by atoms with Crippen molar-refractivity contribution in [2.45, 2.75) is 39.3 Å². The maximum Gasteiger partial charge on any atom is 0.352 e. The second-order valence-corrected chi connectivity index (χ2v) is 12.8. The maximum atomic E-state index is 12.6. The van der Waals surface area contributed by atoms with E-state index in [0.717, 1.165) is 87.7 Å². The SMILES string of the molecule is CC(C)c1c(-c2cccc3cc(C(=O)O)n(CCCOc4cccc5ccccc45)c23)c(COc2ccc(N3CCOCC3)cc2)nn1C. The number of aryl methyl sites for hydroxylation is 2. The molecular weight excluding hydrogens is 616 g/mol. The predicted molar refractivity (Wildman–Crippen MR) is 193 cm³/mol. The summed E-state index contributed by atoms with van der Waals surface area (Å²) < 4.78 is 21.9. The highest BCUT2D eigenvalue weighted by Gasteiger charge is 2.25. The number of hydrogen-bond donors (Lipinski definition) is 1. The molecule has 3 heterocycles. The minimum absolute atomic E-state index is 0.167. The molecule has 7 rings (SSSR count). The number of para-hydroxylation sites is 1. The number of carboxylic acid groups (broad SMARTS) is 1. The fourth-order valence-electron chi connectivity index (χ4n) is 7.04. The van der Waals surface area contributed by atoms with E-state index in [1.807, 2.05) is 64.8 Å². The van der Waals surface area contributed by atoms with Crippen molar-refractivity contribution in [3.05, 3.63) is 108 Å². The highest BCUT2D eigenvalue weighted by Crippen LogP contribution is 2.39. The van der Waals surface area contributed by atoms with E-state index < -0.39 is 5.97 Å². The van der Waals surface area contributed by atoms with Crippen LogP contribution in [-0.4, -0.2) is 58.3 Å². The molecule has 1 aliphatic rings. The molecular formula is C40H42N4O5. The summed E-state index contributed by atoms with van der Waals surface area (Å²) in [5.74, 6) is 0.796. The van der Waals surface area contributed by atoms with Gasteiger partial charge in [0.15, 0.2) is 0 Å². The standard InChI is InChI=1S/C40H42N4O5/c1-27(2)38-37(34(41-42(38)3)26-49-31-17-15-30(16-18-31)43-20-23-47-24-21-43)33-13-6-11-29-25-35(40(45)46)44(39(29)33)19-8-22-48-36-14-7-10-28-9-4-5-12-32(28)36/h4-7,9-18,25,27H,8,19-24,26H2,1-3H3,(H,45,46). The summed E-state index contributed by atoms with van der Waals surface area (Å²) >= 11 is 0. The highest BCUT2D eigenvalue weighted by atomic mass is 16.5. The molecule has 1 fully saturated rings. The average Bonchev–Trinajstić information content (AvgIpc) is 3.67. The number of benzene rings is 4.